The minimum Gasteiger partial charge on any atom is -0.376 e. The standard InChI is InChI=1S/C17H14F3N3O/c1-11-5-2-3-8-14(11)21-10-15-22-16(23-24-15)12-6-4-7-13(9-12)17(18,19)20/h2-9,21H,10H2,1H3. The van der Waals surface area contributed by atoms with Crippen LogP contribution >= 0.6 is 0 Å². The van der Waals surface area contributed by atoms with Crippen LogP contribution in [0.25, 0.3) is 11.4 Å². The van der Waals surface area contributed by atoms with E-state index in [-0.39, 0.29) is 17.9 Å². The summed E-state index contributed by atoms with van der Waals surface area (Å²) in [5.74, 6) is 0.424. The van der Waals surface area contributed by atoms with E-state index in [0.29, 0.717) is 5.89 Å². The maximum Gasteiger partial charge on any atom is 0.416 e. The first-order valence-electron chi connectivity index (χ1n) is 7.23. The fourth-order valence-corrected chi connectivity index (χ4v) is 2.22. The number of nitrogens with zero attached hydrogens (tertiary/aromatic N) is 2. The number of hydrogen-bond donors (Lipinski definition) is 1. The van der Waals surface area contributed by atoms with Crippen LogP contribution < -0.4 is 5.32 Å². The summed E-state index contributed by atoms with van der Waals surface area (Å²) in [6, 6.07) is 12.5. The van der Waals surface area contributed by atoms with E-state index >= 15 is 0 Å². The molecule has 7 heteroatoms. The molecule has 4 nitrogen and oxygen atoms in total. The summed E-state index contributed by atoms with van der Waals surface area (Å²) in [7, 11) is 0. The zero-order valence-electron chi connectivity index (χ0n) is 12.8. The number of anilines is 1. The molecule has 124 valence electrons. The lowest BCUT2D eigenvalue weighted by atomic mass is 10.1. The molecular formula is C17H14F3N3O. The van der Waals surface area contributed by atoms with Gasteiger partial charge in [-0.1, -0.05) is 35.5 Å². The molecule has 3 rings (SSSR count). The molecule has 1 aromatic heterocycles. The zero-order valence-corrected chi connectivity index (χ0v) is 12.8. The van der Waals surface area contributed by atoms with E-state index in [0.717, 1.165) is 23.4 Å². The van der Waals surface area contributed by atoms with Crippen molar-refractivity contribution < 1.29 is 17.7 Å². The van der Waals surface area contributed by atoms with Gasteiger partial charge >= 0.3 is 6.18 Å². The van der Waals surface area contributed by atoms with Crippen molar-refractivity contribution in [3.63, 3.8) is 0 Å². The smallest absolute Gasteiger partial charge is 0.376 e. The second-order valence-corrected chi connectivity index (χ2v) is 5.26. The predicted molar refractivity (Wildman–Crippen MR) is 83.2 cm³/mol. The normalized spacial score (nSPS) is 11.5. The van der Waals surface area contributed by atoms with Crippen LogP contribution in [0.1, 0.15) is 17.0 Å². The average Bonchev–Trinajstić information content (AvgIpc) is 3.02. The van der Waals surface area contributed by atoms with Crippen molar-refractivity contribution in [1.29, 1.82) is 0 Å². The Morgan fingerprint density at radius 2 is 1.88 bits per heavy atom. The van der Waals surface area contributed by atoms with Crippen molar-refractivity contribution in [3.05, 3.63) is 65.5 Å². The van der Waals surface area contributed by atoms with Gasteiger partial charge in [0, 0.05) is 11.3 Å². The molecule has 0 saturated carbocycles. The molecular weight excluding hydrogens is 319 g/mol. The third kappa shape index (κ3) is 3.56. The van der Waals surface area contributed by atoms with Gasteiger partial charge in [-0.25, -0.2) is 0 Å². The van der Waals surface area contributed by atoms with Gasteiger partial charge in [-0.2, -0.15) is 18.2 Å². The SMILES string of the molecule is Cc1ccccc1NCc1nc(-c2cccc(C(F)(F)F)c2)no1. The average molecular weight is 333 g/mol. The van der Waals surface area contributed by atoms with Crippen LogP contribution in [0.5, 0.6) is 0 Å². The van der Waals surface area contributed by atoms with Gasteiger partial charge in [0.25, 0.3) is 0 Å². The third-order valence-corrected chi connectivity index (χ3v) is 3.49. The Morgan fingerprint density at radius 3 is 2.62 bits per heavy atom. The quantitative estimate of drug-likeness (QED) is 0.753. The third-order valence-electron chi connectivity index (χ3n) is 3.49. The molecule has 0 atom stereocenters. The predicted octanol–water partition coefficient (Wildman–Crippen LogP) is 4.68. The highest BCUT2D eigenvalue weighted by atomic mass is 19.4. The minimum atomic E-state index is -4.41. The number of rotatable bonds is 4. The topological polar surface area (TPSA) is 51.0 Å². The highest BCUT2D eigenvalue weighted by Crippen LogP contribution is 2.31. The minimum absolute atomic E-state index is 0.127. The Labute approximate surface area is 136 Å². The highest BCUT2D eigenvalue weighted by molar-refractivity contribution is 5.56. The largest absolute Gasteiger partial charge is 0.416 e. The number of benzene rings is 2. The Bertz CT molecular complexity index is 843. The van der Waals surface area contributed by atoms with Crippen LogP contribution in [-0.2, 0) is 12.7 Å². The molecule has 0 amide bonds. The lowest BCUT2D eigenvalue weighted by molar-refractivity contribution is -0.137. The molecule has 0 aliphatic rings. The van der Waals surface area contributed by atoms with Crippen molar-refractivity contribution in [2.75, 3.05) is 5.32 Å². The van der Waals surface area contributed by atoms with Crippen LogP contribution in [0.3, 0.4) is 0 Å². The van der Waals surface area contributed by atoms with Gasteiger partial charge in [0.05, 0.1) is 12.1 Å². The molecule has 2 aromatic carbocycles. The lowest BCUT2D eigenvalue weighted by Crippen LogP contribution is -2.04. The Morgan fingerprint density at radius 1 is 1.08 bits per heavy atom. The maximum atomic E-state index is 12.8. The Balaban J connectivity index is 1.75. The van der Waals surface area contributed by atoms with E-state index in [2.05, 4.69) is 15.5 Å². The molecule has 0 radical (unpaired) electrons. The fourth-order valence-electron chi connectivity index (χ4n) is 2.22. The maximum absolute atomic E-state index is 12.8. The van der Waals surface area contributed by atoms with Crippen molar-refractivity contribution >= 4 is 5.69 Å². The number of aromatic nitrogens is 2. The molecule has 0 aliphatic carbocycles. The summed E-state index contributed by atoms with van der Waals surface area (Å²) in [6.07, 6.45) is -4.41. The van der Waals surface area contributed by atoms with Gasteiger partial charge in [0.2, 0.25) is 11.7 Å². The van der Waals surface area contributed by atoms with Crippen molar-refractivity contribution in [1.82, 2.24) is 10.1 Å². The number of halogens is 3. The first-order valence-corrected chi connectivity index (χ1v) is 7.23. The van der Waals surface area contributed by atoms with Crippen LogP contribution in [-0.4, -0.2) is 10.1 Å². The summed E-state index contributed by atoms with van der Waals surface area (Å²) in [5, 5.41) is 6.90. The van der Waals surface area contributed by atoms with Crippen LogP contribution in [0.15, 0.2) is 53.1 Å². The van der Waals surface area contributed by atoms with Gasteiger partial charge in [0.15, 0.2) is 0 Å². The summed E-state index contributed by atoms with van der Waals surface area (Å²) >= 11 is 0. The molecule has 0 aliphatic heterocycles. The number of nitrogens with one attached hydrogen (secondary N) is 1. The van der Waals surface area contributed by atoms with Gasteiger partial charge < -0.3 is 9.84 Å². The second kappa shape index (κ2) is 6.35. The molecule has 0 saturated heterocycles. The lowest BCUT2D eigenvalue weighted by Gasteiger charge is -2.06. The first kappa shape index (κ1) is 16.0. The van der Waals surface area contributed by atoms with Gasteiger partial charge in [-0.15, -0.1) is 0 Å². The van der Waals surface area contributed by atoms with E-state index in [1.165, 1.54) is 12.1 Å². The highest BCUT2D eigenvalue weighted by Gasteiger charge is 2.30. The fraction of sp³-hybridized carbons (Fsp3) is 0.176. The van der Waals surface area contributed by atoms with E-state index in [1.54, 1.807) is 0 Å². The summed E-state index contributed by atoms with van der Waals surface area (Å²) in [6.45, 7) is 2.25. The first-order chi connectivity index (χ1) is 11.4. The summed E-state index contributed by atoms with van der Waals surface area (Å²) in [5.41, 5.74) is 1.51. The van der Waals surface area contributed by atoms with E-state index in [9.17, 15) is 13.2 Å². The number of alkyl halides is 3. The molecule has 3 aromatic rings. The van der Waals surface area contributed by atoms with Gasteiger partial charge in [0.1, 0.15) is 0 Å². The van der Waals surface area contributed by atoms with Crippen molar-refractivity contribution in [2.24, 2.45) is 0 Å². The molecule has 0 spiro atoms. The second-order valence-electron chi connectivity index (χ2n) is 5.26. The van der Waals surface area contributed by atoms with E-state index in [4.69, 9.17) is 4.52 Å². The number of hydrogen-bond acceptors (Lipinski definition) is 4. The van der Waals surface area contributed by atoms with Crippen molar-refractivity contribution in [3.8, 4) is 11.4 Å². The molecule has 0 unspecified atom stereocenters. The van der Waals surface area contributed by atoms with E-state index < -0.39 is 11.7 Å². The summed E-state index contributed by atoms with van der Waals surface area (Å²) in [4.78, 5) is 4.14. The molecule has 0 fully saturated rings. The van der Waals surface area contributed by atoms with Gasteiger partial charge in [-0.05, 0) is 30.7 Å². The number of aryl methyl sites for hydroxylation is 1. The van der Waals surface area contributed by atoms with Gasteiger partial charge in [-0.3, -0.25) is 0 Å². The Hall–Kier alpha value is -2.83. The molecule has 1 heterocycles. The Kier molecular flexibility index (Phi) is 4.24. The van der Waals surface area contributed by atoms with Crippen LogP contribution in [0.2, 0.25) is 0 Å². The van der Waals surface area contributed by atoms with Crippen LogP contribution in [0, 0.1) is 6.92 Å². The summed E-state index contributed by atoms with van der Waals surface area (Å²) < 4.78 is 43.4. The number of para-hydroxylation sites is 1. The monoisotopic (exact) mass is 333 g/mol. The molecule has 1 N–H and O–H groups in total. The van der Waals surface area contributed by atoms with Crippen LogP contribution in [0.4, 0.5) is 18.9 Å². The van der Waals surface area contributed by atoms with E-state index in [1.807, 2.05) is 31.2 Å². The zero-order chi connectivity index (χ0) is 17.2. The van der Waals surface area contributed by atoms with Crippen molar-refractivity contribution in [2.45, 2.75) is 19.6 Å². The molecule has 24 heavy (non-hydrogen) atoms. The molecule has 0 bridgehead atoms.